The van der Waals surface area contributed by atoms with Crippen LogP contribution in [0.15, 0.2) is 42.5 Å². The van der Waals surface area contributed by atoms with Gasteiger partial charge in [-0.3, -0.25) is 0 Å². The highest BCUT2D eigenvalue weighted by molar-refractivity contribution is 5.86. The number of likely N-dealkylation sites (tertiary alicyclic amines) is 1. The van der Waals surface area contributed by atoms with Crippen molar-refractivity contribution in [3.05, 3.63) is 48.0 Å². The molecule has 106 valence electrons. The number of rotatable bonds is 3. The van der Waals surface area contributed by atoms with Crippen LogP contribution in [0.4, 0.5) is 0 Å². The molecule has 0 radical (unpaired) electrons. The summed E-state index contributed by atoms with van der Waals surface area (Å²) >= 11 is 0. The van der Waals surface area contributed by atoms with E-state index in [1.165, 1.54) is 43.1 Å². The molecule has 1 heterocycles. The summed E-state index contributed by atoms with van der Waals surface area (Å²) in [5.74, 6) is 0.737. The second-order valence-corrected chi connectivity index (χ2v) is 6.14. The molecule has 1 unspecified atom stereocenters. The highest BCUT2D eigenvalue weighted by Crippen LogP contribution is 2.33. The molecule has 1 fully saturated rings. The molecule has 1 heteroatoms. The van der Waals surface area contributed by atoms with Crippen molar-refractivity contribution < 1.29 is 0 Å². The minimum Gasteiger partial charge on any atom is -0.301 e. The van der Waals surface area contributed by atoms with Crippen LogP contribution in [0.25, 0.3) is 10.8 Å². The quantitative estimate of drug-likeness (QED) is 0.771. The van der Waals surface area contributed by atoms with E-state index in [9.17, 15) is 0 Å². The van der Waals surface area contributed by atoms with E-state index in [0.717, 1.165) is 12.0 Å². The van der Waals surface area contributed by atoms with Gasteiger partial charge < -0.3 is 4.90 Å². The van der Waals surface area contributed by atoms with Crippen LogP contribution < -0.4 is 0 Å². The van der Waals surface area contributed by atoms with Gasteiger partial charge >= 0.3 is 0 Å². The standard InChI is InChI=1S/C19H25N/c1-3-15(2)20-13-11-17(12-14-20)19-10-6-8-16-7-4-5-9-18(16)19/h4-10,15,17H,3,11-14H2,1-2H3. The molecular formula is C19H25N. The van der Waals surface area contributed by atoms with Gasteiger partial charge in [0.2, 0.25) is 0 Å². The molecule has 0 aromatic heterocycles. The lowest BCUT2D eigenvalue weighted by atomic mass is 9.86. The largest absolute Gasteiger partial charge is 0.301 e. The molecule has 0 bridgehead atoms. The third-order valence-electron chi connectivity index (χ3n) is 5.01. The molecule has 1 saturated heterocycles. The van der Waals surface area contributed by atoms with Crippen molar-refractivity contribution in [1.82, 2.24) is 4.90 Å². The minimum atomic E-state index is 0.737. The summed E-state index contributed by atoms with van der Waals surface area (Å²) in [4.78, 5) is 2.65. The van der Waals surface area contributed by atoms with Crippen LogP contribution in [-0.4, -0.2) is 24.0 Å². The minimum absolute atomic E-state index is 0.737. The van der Waals surface area contributed by atoms with E-state index in [2.05, 4.69) is 61.2 Å². The first kappa shape index (κ1) is 13.6. The van der Waals surface area contributed by atoms with E-state index in [1.54, 1.807) is 5.56 Å². The molecule has 1 aliphatic rings. The summed E-state index contributed by atoms with van der Waals surface area (Å²) in [6.07, 6.45) is 3.87. The van der Waals surface area contributed by atoms with Crippen LogP contribution in [0.2, 0.25) is 0 Å². The first-order valence-corrected chi connectivity index (χ1v) is 8.01. The summed E-state index contributed by atoms with van der Waals surface area (Å²) in [6.45, 7) is 7.16. The number of piperidine rings is 1. The fraction of sp³-hybridized carbons (Fsp3) is 0.474. The SMILES string of the molecule is CCC(C)N1CCC(c2cccc3ccccc23)CC1. The molecule has 0 aliphatic carbocycles. The van der Waals surface area contributed by atoms with E-state index in [1.807, 2.05) is 0 Å². The van der Waals surface area contributed by atoms with Gasteiger partial charge in [0.15, 0.2) is 0 Å². The highest BCUT2D eigenvalue weighted by atomic mass is 15.2. The summed E-state index contributed by atoms with van der Waals surface area (Å²) in [5.41, 5.74) is 1.56. The van der Waals surface area contributed by atoms with Crippen LogP contribution in [0, 0.1) is 0 Å². The molecular weight excluding hydrogens is 242 g/mol. The summed E-state index contributed by atoms with van der Waals surface area (Å²) < 4.78 is 0. The van der Waals surface area contributed by atoms with Crippen LogP contribution >= 0.6 is 0 Å². The molecule has 0 spiro atoms. The first-order valence-electron chi connectivity index (χ1n) is 8.01. The molecule has 2 aromatic rings. The molecule has 0 saturated carbocycles. The van der Waals surface area contributed by atoms with E-state index in [-0.39, 0.29) is 0 Å². The molecule has 1 aliphatic heterocycles. The van der Waals surface area contributed by atoms with Crippen molar-refractivity contribution in [3.8, 4) is 0 Å². The Hall–Kier alpha value is -1.34. The zero-order valence-corrected chi connectivity index (χ0v) is 12.7. The van der Waals surface area contributed by atoms with Gasteiger partial charge in [-0.2, -0.15) is 0 Å². The van der Waals surface area contributed by atoms with Gasteiger partial charge in [0.05, 0.1) is 0 Å². The monoisotopic (exact) mass is 267 g/mol. The Labute approximate surface area is 122 Å². The van der Waals surface area contributed by atoms with E-state index >= 15 is 0 Å². The maximum Gasteiger partial charge on any atom is 0.00643 e. The maximum absolute atomic E-state index is 2.65. The predicted octanol–water partition coefficient (Wildman–Crippen LogP) is 4.82. The van der Waals surface area contributed by atoms with Crippen molar-refractivity contribution in [3.63, 3.8) is 0 Å². The second kappa shape index (κ2) is 5.97. The number of hydrogen-bond acceptors (Lipinski definition) is 1. The fourth-order valence-corrected chi connectivity index (χ4v) is 3.52. The van der Waals surface area contributed by atoms with Crippen LogP contribution in [0.5, 0.6) is 0 Å². The number of fused-ring (bicyclic) bond motifs is 1. The molecule has 20 heavy (non-hydrogen) atoms. The molecule has 1 atom stereocenters. The Morgan fingerprint density at radius 2 is 1.75 bits per heavy atom. The third kappa shape index (κ3) is 2.60. The molecule has 3 rings (SSSR count). The van der Waals surface area contributed by atoms with Crippen LogP contribution in [0.3, 0.4) is 0 Å². The Kier molecular flexibility index (Phi) is 4.07. The third-order valence-corrected chi connectivity index (χ3v) is 5.01. The van der Waals surface area contributed by atoms with Crippen molar-refractivity contribution in [2.45, 2.75) is 45.1 Å². The van der Waals surface area contributed by atoms with E-state index < -0.39 is 0 Å². The molecule has 0 amide bonds. The smallest absolute Gasteiger partial charge is 0.00643 e. The van der Waals surface area contributed by atoms with Gasteiger partial charge in [0.25, 0.3) is 0 Å². The van der Waals surface area contributed by atoms with Crippen molar-refractivity contribution in [2.24, 2.45) is 0 Å². The Morgan fingerprint density at radius 3 is 2.50 bits per heavy atom. The predicted molar refractivity (Wildman–Crippen MR) is 87.2 cm³/mol. The average Bonchev–Trinajstić information content (AvgIpc) is 2.54. The Balaban J connectivity index is 1.80. The topological polar surface area (TPSA) is 3.24 Å². The molecule has 2 aromatic carbocycles. The number of hydrogen-bond donors (Lipinski definition) is 0. The van der Waals surface area contributed by atoms with E-state index in [4.69, 9.17) is 0 Å². The van der Waals surface area contributed by atoms with Gasteiger partial charge in [0, 0.05) is 6.04 Å². The lowest BCUT2D eigenvalue weighted by molar-refractivity contribution is 0.158. The van der Waals surface area contributed by atoms with Crippen molar-refractivity contribution >= 4 is 10.8 Å². The normalized spacial score (nSPS) is 19.3. The van der Waals surface area contributed by atoms with Crippen molar-refractivity contribution in [1.29, 1.82) is 0 Å². The maximum atomic E-state index is 2.65. The molecule has 1 nitrogen and oxygen atoms in total. The lowest BCUT2D eigenvalue weighted by Crippen LogP contribution is -2.39. The molecule has 0 N–H and O–H groups in total. The first-order chi connectivity index (χ1) is 9.79. The van der Waals surface area contributed by atoms with Crippen LogP contribution in [0.1, 0.15) is 44.6 Å². The van der Waals surface area contributed by atoms with Gasteiger partial charge in [-0.15, -0.1) is 0 Å². The Bertz CT molecular complexity index is 561. The zero-order valence-electron chi connectivity index (χ0n) is 12.7. The van der Waals surface area contributed by atoms with Gasteiger partial charge in [-0.25, -0.2) is 0 Å². The second-order valence-electron chi connectivity index (χ2n) is 6.14. The fourth-order valence-electron chi connectivity index (χ4n) is 3.52. The zero-order chi connectivity index (χ0) is 13.9. The van der Waals surface area contributed by atoms with Gasteiger partial charge in [-0.05, 0) is 61.5 Å². The number of nitrogens with zero attached hydrogens (tertiary/aromatic N) is 1. The van der Waals surface area contributed by atoms with Gasteiger partial charge in [-0.1, -0.05) is 49.4 Å². The van der Waals surface area contributed by atoms with Gasteiger partial charge in [0.1, 0.15) is 0 Å². The summed E-state index contributed by atoms with van der Waals surface area (Å²) in [5, 5.41) is 2.84. The summed E-state index contributed by atoms with van der Waals surface area (Å²) in [7, 11) is 0. The Morgan fingerprint density at radius 1 is 1.05 bits per heavy atom. The van der Waals surface area contributed by atoms with Crippen molar-refractivity contribution in [2.75, 3.05) is 13.1 Å². The lowest BCUT2D eigenvalue weighted by Gasteiger charge is -2.36. The van der Waals surface area contributed by atoms with Crippen LogP contribution in [-0.2, 0) is 0 Å². The average molecular weight is 267 g/mol. The number of benzene rings is 2. The highest BCUT2D eigenvalue weighted by Gasteiger charge is 2.23. The summed E-state index contributed by atoms with van der Waals surface area (Å²) in [6, 6.07) is 16.3. The van der Waals surface area contributed by atoms with E-state index in [0.29, 0.717) is 0 Å².